The molecule has 1 aliphatic heterocycles. The van der Waals surface area contributed by atoms with E-state index < -0.39 is 6.04 Å². The van der Waals surface area contributed by atoms with Gasteiger partial charge in [-0.25, -0.2) is 9.67 Å². The van der Waals surface area contributed by atoms with E-state index in [1.807, 2.05) is 48.9 Å². The van der Waals surface area contributed by atoms with Gasteiger partial charge in [-0.2, -0.15) is 10.4 Å². The second-order valence-corrected chi connectivity index (χ2v) is 9.81. The van der Waals surface area contributed by atoms with Crippen LogP contribution >= 0.6 is 11.8 Å². The van der Waals surface area contributed by atoms with Gasteiger partial charge in [-0.05, 0) is 44.2 Å². The molecule has 0 saturated carbocycles. The third-order valence-corrected chi connectivity index (χ3v) is 7.10. The van der Waals surface area contributed by atoms with Crippen LogP contribution in [0.4, 0.5) is 5.69 Å². The van der Waals surface area contributed by atoms with E-state index in [0.29, 0.717) is 45.2 Å². The van der Waals surface area contributed by atoms with Crippen LogP contribution in [0.5, 0.6) is 0 Å². The third kappa shape index (κ3) is 4.43. The van der Waals surface area contributed by atoms with Crippen molar-refractivity contribution in [3.05, 3.63) is 78.0 Å². The Morgan fingerprint density at radius 2 is 1.89 bits per heavy atom. The number of pyridine rings is 1. The fourth-order valence-corrected chi connectivity index (χ4v) is 5.35. The maximum absolute atomic E-state index is 13.9. The van der Waals surface area contributed by atoms with Crippen molar-refractivity contribution in [1.29, 1.82) is 5.26 Å². The van der Waals surface area contributed by atoms with E-state index in [2.05, 4.69) is 16.5 Å². The number of nitrogens with zero attached hydrogens (tertiary/aromatic N) is 5. The van der Waals surface area contributed by atoms with Gasteiger partial charge in [0.2, 0.25) is 5.91 Å². The largest absolute Gasteiger partial charge is 0.324 e. The van der Waals surface area contributed by atoms with Crippen LogP contribution in [-0.4, -0.2) is 49.2 Å². The molecule has 2 aromatic heterocycles. The Morgan fingerprint density at radius 1 is 1.14 bits per heavy atom. The minimum atomic E-state index is -0.623. The molecule has 180 valence electrons. The Balaban J connectivity index is 1.50. The van der Waals surface area contributed by atoms with Crippen molar-refractivity contribution in [2.24, 2.45) is 0 Å². The van der Waals surface area contributed by atoms with E-state index in [4.69, 9.17) is 10.2 Å². The molecule has 0 bridgehead atoms. The maximum Gasteiger partial charge on any atom is 0.256 e. The van der Waals surface area contributed by atoms with Gasteiger partial charge in [-0.15, -0.1) is 11.8 Å². The van der Waals surface area contributed by atoms with Crippen molar-refractivity contribution in [3.63, 3.8) is 0 Å². The lowest BCUT2D eigenvalue weighted by Gasteiger charge is -2.23. The molecule has 36 heavy (non-hydrogen) atoms. The summed E-state index contributed by atoms with van der Waals surface area (Å²) in [5.74, 6) is 0.420. The molecule has 9 heteroatoms. The topological polar surface area (TPSA) is 104 Å². The molecule has 8 nitrogen and oxygen atoms in total. The van der Waals surface area contributed by atoms with Gasteiger partial charge in [-0.3, -0.25) is 9.59 Å². The molecule has 1 saturated heterocycles. The summed E-state index contributed by atoms with van der Waals surface area (Å²) in [7, 11) is 0. The number of carbonyl (C=O) groups excluding carboxylic acids is 2. The normalized spacial score (nSPS) is 15.3. The smallest absolute Gasteiger partial charge is 0.256 e. The van der Waals surface area contributed by atoms with Crippen LogP contribution in [0.25, 0.3) is 22.3 Å². The number of anilines is 1. The number of amides is 2. The van der Waals surface area contributed by atoms with Crippen molar-refractivity contribution in [3.8, 4) is 17.3 Å². The number of aromatic nitrogens is 3. The van der Waals surface area contributed by atoms with Gasteiger partial charge in [0.15, 0.2) is 5.65 Å². The molecule has 3 heterocycles. The van der Waals surface area contributed by atoms with E-state index >= 15 is 0 Å². The van der Waals surface area contributed by atoms with Crippen LogP contribution in [0.15, 0.2) is 66.9 Å². The lowest BCUT2D eigenvalue weighted by Crippen LogP contribution is -2.44. The summed E-state index contributed by atoms with van der Waals surface area (Å²) in [4.78, 5) is 33.5. The molecular weight excluding hydrogens is 472 g/mol. The van der Waals surface area contributed by atoms with Crippen molar-refractivity contribution < 1.29 is 9.59 Å². The Bertz CT molecular complexity index is 1470. The van der Waals surface area contributed by atoms with Crippen LogP contribution in [0, 0.1) is 11.3 Å². The first kappa shape index (κ1) is 23.6. The van der Waals surface area contributed by atoms with E-state index in [-0.39, 0.29) is 17.9 Å². The average Bonchev–Trinajstić information content (AvgIpc) is 3.56. The van der Waals surface area contributed by atoms with Crippen LogP contribution < -0.4 is 5.32 Å². The summed E-state index contributed by atoms with van der Waals surface area (Å²) in [5.41, 5.74) is 3.79. The number of nitriles is 1. The van der Waals surface area contributed by atoms with Gasteiger partial charge in [-0.1, -0.05) is 30.3 Å². The van der Waals surface area contributed by atoms with Crippen LogP contribution in [0.3, 0.4) is 0 Å². The second kappa shape index (κ2) is 9.84. The quantitative estimate of drug-likeness (QED) is 0.429. The summed E-state index contributed by atoms with van der Waals surface area (Å²) in [6.45, 7) is 4.04. The average molecular weight is 497 g/mol. The van der Waals surface area contributed by atoms with Gasteiger partial charge in [0.1, 0.15) is 6.04 Å². The molecule has 1 atom stereocenters. The first-order valence-electron chi connectivity index (χ1n) is 11.6. The molecule has 1 fully saturated rings. The first-order chi connectivity index (χ1) is 17.5. The second-order valence-electron chi connectivity index (χ2n) is 8.81. The molecule has 0 spiro atoms. The highest BCUT2D eigenvalue weighted by Gasteiger charge is 2.36. The summed E-state index contributed by atoms with van der Waals surface area (Å²) in [6, 6.07) is 19.7. The minimum Gasteiger partial charge on any atom is -0.324 e. The van der Waals surface area contributed by atoms with Crippen LogP contribution in [-0.2, 0) is 4.79 Å². The van der Waals surface area contributed by atoms with Crippen molar-refractivity contribution in [2.45, 2.75) is 25.9 Å². The third-order valence-electron chi connectivity index (χ3n) is 6.08. The van der Waals surface area contributed by atoms with Gasteiger partial charge in [0, 0.05) is 23.0 Å². The highest BCUT2D eigenvalue weighted by Crippen LogP contribution is 2.30. The van der Waals surface area contributed by atoms with E-state index in [1.165, 1.54) is 11.8 Å². The van der Waals surface area contributed by atoms with Crippen LogP contribution in [0.1, 0.15) is 35.8 Å². The number of benzene rings is 2. The monoisotopic (exact) mass is 496 g/mol. The lowest BCUT2D eigenvalue weighted by atomic mass is 10.1. The van der Waals surface area contributed by atoms with Crippen molar-refractivity contribution in [1.82, 2.24) is 19.7 Å². The molecule has 5 rings (SSSR count). The van der Waals surface area contributed by atoms with Crippen molar-refractivity contribution >= 4 is 40.3 Å². The summed E-state index contributed by atoms with van der Waals surface area (Å²) < 4.78 is 1.81. The number of hydrogen-bond acceptors (Lipinski definition) is 6. The van der Waals surface area contributed by atoms with Crippen molar-refractivity contribution in [2.75, 3.05) is 16.9 Å². The Morgan fingerprint density at radius 3 is 2.58 bits per heavy atom. The zero-order chi connectivity index (χ0) is 25.2. The first-order valence-corrected chi connectivity index (χ1v) is 12.7. The molecule has 2 amide bonds. The SMILES string of the molecule is CC(C)n1ncc2c(C(=O)N3CSCC3C(=O)Nc3ccc(C#N)cc3)cc(-c3ccccc3)nc21. The Kier molecular flexibility index (Phi) is 6.44. The number of nitrogens with one attached hydrogen (secondary N) is 1. The maximum atomic E-state index is 13.9. The van der Waals surface area contributed by atoms with Gasteiger partial charge >= 0.3 is 0 Å². The fourth-order valence-electron chi connectivity index (χ4n) is 4.20. The minimum absolute atomic E-state index is 0.0669. The molecule has 0 aliphatic carbocycles. The molecular formula is C27H24N6O2S. The lowest BCUT2D eigenvalue weighted by molar-refractivity contribution is -0.119. The van der Waals surface area contributed by atoms with Gasteiger partial charge in [0.05, 0.1) is 40.3 Å². The van der Waals surface area contributed by atoms with E-state index in [9.17, 15) is 9.59 Å². The zero-order valence-electron chi connectivity index (χ0n) is 19.9. The predicted octanol–water partition coefficient (Wildman–Crippen LogP) is 4.70. The number of hydrogen-bond donors (Lipinski definition) is 1. The molecule has 1 unspecified atom stereocenters. The highest BCUT2D eigenvalue weighted by atomic mass is 32.2. The Labute approximate surface area is 212 Å². The fraction of sp³-hybridized carbons (Fsp3) is 0.222. The molecule has 2 aromatic carbocycles. The number of fused-ring (bicyclic) bond motifs is 1. The predicted molar refractivity (Wildman–Crippen MR) is 140 cm³/mol. The molecule has 4 aromatic rings. The summed E-state index contributed by atoms with van der Waals surface area (Å²) in [6.07, 6.45) is 1.68. The highest BCUT2D eigenvalue weighted by molar-refractivity contribution is 7.99. The number of rotatable bonds is 5. The van der Waals surface area contributed by atoms with E-state index in [1.54, 1.807) is 41.4 Å². The number of thioether (sulfide) groups is 1. The van der Waals surface area contributed by atoms with Gasteiger partial charge in [0.25, 0.3) is 5.91 Å². The molecule has 1 aliphatic rings. The summed E-state index contributed by atoms with van der Waals surface area (Å²) in [5, 5.41) is 17.0. The molecule has 0 radical (unpaired) electrons. The standard InChI is InChI=1S/C27H24N6O2S/c1-17(2)33-25-22(14-29-33)21(12-23(31-25)19-6-4-3-5-7-19)27(35)32-16-36-15-24(32)26(34)30-20-10-8-18(13-28)9-11-20/h3-12,14,17,24H,15-16H2,1-2H3,(H,30,34). The van der Waals surface area contributed by atoms with E-state index in [0.717, 1.165) is 5.56 Å². The Hall–Kier alpha value is -4.16. The van der Waals surface area contributed by atoms with Crippen LogP contribution in [0.2, 0.25) is 0 Å². The molecule has 1 N–H and O–H groups in total. The van der Waals surface area contributed by atoms with Gasteiger partial charge < -0.3 is 10.2 Å². The zero-order valence-corrected chi connectivity index (χ0v) is 20.7. The number of carbonyl (C=O) groups is 2. The summed E-state index contributed by atoms with van der Waals surface area (Å²) >= 11 is 1.54.